The fourth-order valence-corrected chi connectivity index (χ4v) is 2.32. The number of hydrogen-bond acceptors (Lipinski definition) is 5. The number of pyridine rings is 1. The van der Waals surface area contributed by atoms with Crippen molar-refractivity contribution in [2.24, 2.45) is 0 Å². The summed E-state index contributed by atoms with van der Waals surface area (Å²) in [6.45, 7) is 3.24. The molecule has 0 unspecified atom stereocenters. The van der Waals surface area contributed by atoms with Crippen LogP contribution in [0, 0.1) is 0 Å². The van der Waals surface area contributed by atoms with E-state index in [1.165, 1.54) is 10.8 Å². The van der Waals surface area contributed by atoms with E-state index in [0.717, 1.165) is 5.69 Å². The maximum atomic E-state index is 12.1. The van der Waals surface area contributed by atoms with Gasteiger partial charge in [-0.15, -0.1) is 0 Å². The summed E-state index contributed by atoms with van der Waals surface area (Å²) in [6, 6.07) is 0. The number of amides is 1. The molecule has 0 spiro atoms. The number of rotatable bonds is 5. The van der Waals surface area contributed by atoms with Gasteiger partial charge in [0, 0.05) is 5.56 Å². The molecule has 8 heteroatoms. The normalized spacial score (nSPS) is 10.8. The molecule has 2 rings (SSSR count). The number of carboxylic acid groups (broad SMARTS) is 1. The molecule has 3 N–H and O–H groups in total. The van der Waals surface area contributed by atoms with Gasteiger partial charge in [-0.2, -0.15) is 5.10 Å². The van der Waals surface area contributed by atoms with E-state index in [1.54, 1.807) is 0 Å². The van der Waals surface area contributed by atoms with Crippen molar-refractivity contribution < 1.29 is 19.8 Å². The van der Waals surface area contributed by atoms with E-state index in [2.05, 4.69) is 15.4 Å². The van der Waals surface area contributed by atoms with Gasteiger partial charge in [-0.05, 0) is 12.8 Å². The molecule has 1 amide bonds. The Balaban J connectivity index is 2.62. The first-order valence-corrected chi connectivity index (χ1v) is 6.57. The van der Waals surface area contributed by atoms with Crippen molar-refractivity contribution in [3.05, 3.63) is 23.1 Å². The van der Waals surface area contributed by atoms with Gasteiger partial charge in [0.25, 0.3) is 5.91 Å². The van der Waals surface area contributed by atoms with Gasteiger partial charge >= 0.3 is 5.97 Å². The molecular weight excluding hydrogens is 276 g/mol. The number of aryl methyl sites for hydroxylation is 1. The first-order chi connectivity index (χ1) is 10.0. The maximum Gasteiger partial charge on any atom is 0.322 e. The van der Waals surface area contributed by atoms with E-state index >= 15 is 0 Å². The lowest BCUT2D eigenvalue weighted by Crippen LogP contribution is -2.30. The predicted molar refractivity (Wildman–Crippen MR) is 73.4 cm³/mol. The monoisotopic (exact) mass is 292 g/mol. The summed E-state index contributed by atoms with van der Waals surface area (Å²) in [6.07, 6.45) is 2.43. The van der Waals surface area contributed by atoms with Crippen molar-refractivity contribution in [2.75, 3.05) is 6.54 Å². The number of fused-ring (bicyclic) bond motifs is 1. The molecule has 0 aliphatic carbocycles. The number of nitrogens with zero attached hydrogens (tertiary/aromatic N) is 3. The second kappa shape index (κ2) is 5.78. The lowest BCUT2D eigenvalue weighted by molar-refractivity contribution is -0.135. The molecular formula is C13H16N4O4. The molecule has 0 aliphatic rings. The summed E-state index contributed by atoms with van der Waals surface area (Å²) in [5, 5.41) is 25.3. The third-order valence-electron chi connectivity index (χ3n) is 3.21. The molecule has 8 nitrogen and oxygen atoms in total. The topological polar surface area (TPSA) is 117 Å². The van der Waals surface area contributed by atoms with Gasteiger partial charge in [0.05, 0.1) is 5.69 Å². The zero-order valence-electron chi connectivity index (χ0n) is 11.8. The van der Waals surface area contributed by atoms with Crippen LogP contribution in [0.4, 0.5) is 0 Å². The number of aromatic nitrogens is 3. The Labute approximate surface area is 120 Å². The highest BCUT2D eigenvalue weighted by atomic mass is 16.4. The van der Waals surface area contributed by atoms with Gasteiger partial charge in [-0.1, -0.05) is 13.8 Å². The molecule has 0 aliphatic heterocycles. The molecule has 2 aromatic rings. The Morgan fingerprint density at radius 3 is 2.62 bits per heavy atom. The third-order valence-corrected chi connectivity index (χ3v) is 3.21. The number of carboxylic acids is 1. The minimum Gasteiger partial charge on any atom is -0.507 e. The minimum atomic E-state index is -1.17. The molecule has 2 aromatic heterocycles. The molecule has 0 saturated carbocycles. The Kier molecular flexibility index (Phi) is 4.06. The average Bonchev–Trinajstić information content (AvgIpc) is 2.91. The smallest absolute Gasteiger partial charge is 0.322 e. The van der Waals surface area contributed by atoms with Crippen LogP contribution in [0.15, 0.2) is 6.33 Å². The largest absolute Gasteiger partial charge is 0.507 e. The molecule has 2 heterocycles. The van der Waals surface area contributed by atoms with Crippen molar-refractivity contribution in [1.29, 1.82) is 0 Å². The van der Waals surface area contributed by atoms with E-state index in [-0.39, 0.29) is 17.0 Å². The van der Waals surface area contributed by atoms with Crippen LogP contribution in [-0.2, 0) is 17.6 Å². The van der Waals surface area contributed by atoms with Gasteiger partial charge in [-0.3, -0.25) is 9.59 Å². The number of carbonyl (C=O) groups excluding carboxylic acids is 1. The SMILES string of the molecule is CCc1c(O)c(C(=O)NCC(=O)O)c2ncnn2c1CC. The number of aliphatic carboxylic acids is 1. The van der Waals surface area contributed by atoms with Gasteiger partial charge in [-0.25, -0.2) is 9.50 Å². The van der Waals surface area contributed by atoms with Gasteiger partial charge in [0.1, 0.15) is 24.2 Å². The van der Waals surface area contributed by atoms with E-state index in [9.17, 15) is 14.7 Å². The molecule has 0 fully saturated rings. The number of hydrogen-bond donors (Lipinski definition) is 3. The van der Waals surface area contributed by atoms with Crippen molar-refractivity contribution in [1.82, 2.24) is 19.9 Å². The maximum absolute atomic E-state index is 12.1. The summed E-state index contributed by atoms with van der Waals surface area (Å²) in [5.41, 5.74) is 1.54. The first kappa shape index (κ1) is 14.8. The zero-order chi connectivity index (χ0) is 15.6. The number of carbonyl (C=O) groups is 2. The molecule has 0 bridgehead atoms. The van der Waals surface area contributed by atoms with E-state index < -0.39 is 18.4 Å². The molecule has 21 heavy (non-hydrogen) atoms. The van der Waals surface area contributed by atoms with Crippen LogP contribution in [0.5, 0.6) is 5.75 Å². The second-order valence-corrected chi connectivity index (χ2v) is 4.43. The Morgan fingerprint density at radius 2 is 2.05 bits per heavy atom. The van der Waals surface area contributed by atoms with Gasteiger partial charge in [0.2, 0.25) is 0 Å². The van der Waals surface area contributed by atoms with Crippen LogP contribution in [-0.4, -0.2) is 43.2 Å². The summed E-state index contributed by atoms with van der Waals surface area (Å²) in [7, 11) is 0. The van der Waals surface area contributed by atoms with E-state index in [0.29, 0.717) is 18.4 Å². The fourth-order valence-electron chi connectivity index (χ4n) is 2.32. The van der Waals surface area contributed by atoms with Crippen LogP contribution in [0.25, 0.3) is 5.65 Å². The highest BCUT2D eigenvalue weighted by Gasteiger charge is 2.24. The standard InChI is InChI=1S/C13H16N4O4/c1-3-7-8(4-2)17-12(15-6-16-17)10(11(7)20)13(21)14-5-9(18)19/h6,20H,3-5H2,1-2H3,(H,14,21)(H,18,19). The van der Waals surface area contributed by atoms with Crippen LogP contribution in [0.2, 0.25) is 0 Å². The summed E-state index contributed by atoms with van der Waals surface area (Å²) in [4.78, 5) is 26.7. The minimum absolute atomic E-state index is 0.0530. The molecule has 0 saturated heterocycles. The van der Waals surface area contributed by atoms with Gasteiger partial charge < -0.3 is 15.5 Å². The van der Waals surface area contributed by atoms with E-state index in [1.807, 2.05) is 13.8 Å². The van der Waals surface area contributed by atoms with Crippen LogP contribution < -0.4 is 5.32 Å². The van der Waals surface area contributed by atoms with Crippen molar-refractivity contribution in [3.63, 3.8) is 0 Å². The quantitative estimate of drug-likeness (QED) is 0.733. The van der Waals surface area contributed by atoms with Crippen molar-refractivity contribution in [2.45, 2.75) is 26.7 Å². The molecule has 0 atom stereocenters. The van der Waals surface area contributed by atoms with Crippen LogP contribution >= 0.6 is 0 Å². The summed E-state index contributed by atoms with van der Waals surface area (Å²) >= 11 is 0. The molecule has 112 valence electrons. The fraction of sp³-hybridized carbons (Fsp3) is 0.385. The average molecular weight is 292 g/mol. The zero-order valence-corrected chi connectivity index (χ0v) is 11.8. The van der Waals surface area contributed by atoms with Crippen LogP contribution in [0.1, 0.15) is 35.5 Å². The van der Waals surface area contributed by atoms with Gasteiger partial charge in [0.15, 0.2) is 5.65 Å². The van der Waals surface area contributed by atoms with E-state index in [4.69, 9.17) is 5.11 Å². The van der Waals surface area contributed by atoms with Crippen molar-refractivity contribution in [3.8, 4) is 5.75 Å². The van der Waals surface area contributed by atoms with Crippen LogP contribution in [0.3, 0.4) is 0 Å². The lowest BCUT2D eigenvalue weighted by Gasteiger charge is -2.14. The number of nitrogens with one attached hydrogen (secondary N) is 1. The second-order valence-electron chi connectivity index (χ2n) is 4.43. The summed E-state index contributed by atoms with van der Waals surface area (Å²) < 4.78 is 1.51. The number of aromatic hydroxyl groups is 1. The lowest BCUT2D eigenvalue weighted by atomic mass is 10.0. The Hall–Kier alpha value is -2.64. The highest BCUT2D eigenvalue weighted by Crippen LogP contribution is 2.29. The highest BCUT2D eigenvalue weighted by molar-refractivity contribution is 6.03. The summed E-state index contributed by atoms with van der Waals surface area (Å²) in [5.74, 6) is -2.02. The first-order valence-electron chi connectivity index (χ1n) is 6.57. The molecule has 0 aromatic carbocycles. The Morgan fingerprint density at radius 1 is 1.33 bits per heavy atom. The molecule has 0 radical (unpaired) electrons. The predicted octanol–water partition coefficient (Wildman–Crippen LogP) is 0.374. The Bertz CT molecular complexity index is 708. The van der Waals surface area contributed by atoms with Crippen molar-refractivity contribution >= 4 is 17.5 Å². The third kappa shape index (κ3) is 2.51.